The average molecular weight is 648 g/mol. The number of nitriles is 1. The zero-order chi connectivity index (χ0) is 34.8. The van der Waals surface area contributed by atoms with E-state index in [0.717, 1.165) is 16.7 Å². The smallest absolute Gasteiger partial charge is 0.305 e. The van der Waals surface area contributed by atoms with Crippen LogP contribution in [-0.4, -0.2) is 56.7 Å². The van der Waals surface area contributed by atoms with Gasteiger partial charge in [-0.3, -0.25) is 28.8 Å². The number of alkyl halides is 1. The number of halogens is 2. The Morgan fingerprint density at radius 2 is 1.74 bits per heavy atom. The minimum atomic E-state index is -1.24. The van der Waals surface area contributed by atoms with Gasteiger partial charge in [-0.05, 0) is 99.0 Å². The van der Waals surface area contributed by atoms with Crippen molar-refractivity contribution in [3.8, 4) is 17.2 Å². The number of hydrogen-bond acceptors (Lipinski definition) is 6. The second-order valence-corrected chi connectivity index (χ2v) is 13.5. The number of benzene rings is 2. The second-order valence-electron chi connectivity index (χ2n) is 13.5. The second kappa shape index (κ2) is 14.1. The molecule has 47 heavy (non-hydrogen) atoms. The topological polar surface area (TPSA) is 128 Å². The minimum Gasteiger partial charge on any atom is -0.481 e. The highest BCUT2D eigenvalue weighted by molar-refractivity contribution is 5.82. The van der Waals surface area contributed by atoms with Crippen molar-refractivity contribution in [1.29, 1.82) is 5.26 Å². The molecule has 0 saturated carbocycles. The van der Waals surface area contributed by atoms with Gasteiger partial charge >= 0.3 is 5.97 Å². The number of carboxylic acids is 1. The first kappa shape index (κ1) is 35.4. The van der Waals surface area contributed by atoms with Crippen molar-refractivity contribution in [2.45, 2.75) is 85.5 Å². The summed E-state index contributed by atoms with van der Waals surface area (Å²) < 4.78 is 31.1. The fraction of sp³-hybridized carbons (Fsp3) is 0.472. The third kappa shape index (κ3) is 8.30. The minimum absolute atomic E-state index is 0.00978. The Kier molecular flexibility index (Phi) is 10.7. The van der Waals surface area contributed by atoms with Gasteiger partial charge < -0.3 is 10.4 Å². The van der Waals surface area contributed by atoms with Gasteiger partial charge in [0.05, 0.1) is 29.8 Å². The van der Waals surface area contributed by atoms with Gasteiger partial charge in [0.15, 0.2) is 0 Å². The number of hydrogen-bond donors (Lipinski definition) is 2. The summed E-state index contributed by atoms with van der Waals surface area (Å²) in [4.78, 5) is 45.9. The number of carboxylic acid groups (broad SMARTS) is 1. The number of carbonyl (C=O) groups is 2. The number of aromatic nitrogens is 2. The molecule has 2 heterocycles. The molecule has 2 atom stereocenters. The molecule has 1 amide bonds. The fourth-order valence-electron chi connectivity index (χ4n) is 6.52. The van der Waals surface area contributed by atoms with Crippen LogP contribution in [0, 0.1) is 50.8 Å². The summed E-state index contributed by atoms with van der Waals surface area (Å²) in [7, 11) is 0. The van der Waals surface area contributed by atoms with Crippen molar-refractivity contribution < 1.29 is 23.5 Å². The lowest BCUT2D eigenvalue weighted by atomic mass is 9.89. The molecule has 9 nitrogen and oxygen atoms in total. The van der Waals surface area contributed by atoms with Crippen molar-refractivity contribution in [2.75, 3.05) is 19.6 Å². The number of aliphatic carboxylic acids is 1. The van der Waals surface area contributed by atoms with Crippen molar-refractivity contribution >= 4 is 11.9 Å². The lowest BCUT2D eigenvalue weighted by Crippen LogP contribution is -2.57. The van der Waals surface area contributed by atoms with E-state index >= 15 is 4.39 Å². The number of nitrogens with one attached hydrogen (secondary N) is 1. The third-order valence-electron chi connectivity index (χ3n) is 8.57. The van der Waals surface area contributed by atoms with Gasteiger partial charge in [-0.1, -0.05) is 13.8 Å². The SMILES string of the molecule is Cc1cc(-c2c(C)cc(C#N)cc2C)cc([C@H](CC(=O)O)NC(=O)[C@H](CC(C)C)n2cc(CCN3CC(C)(F)C3)nc(C)c2=O)c1F. The van der Waals surface area contributed by atoms with E-state index in [4.69, 9.17) is 0 Å². The summed E-state index contributed by atoms with van der Waals surface area (Å²) in [6.07, 6.45) is 1.65. The number of aryl methyl sites for hydroxylation is 4. The van der Waals surface area contributed by atoms with Crippen LogP contribution in [0.5, 0.6) is 0 Å². The standard InChI is InChI=1S/C36H43F2N5O4/c1-20(2)10-30(43-17-27(40-24(6)35(43)47)8-9-42-18-36(7,38)19-42)34(46)41-29(15-31(44)45)28-14-26(13-23(5)33(28)37)32-21(3)11-25(16-39)12-22(32)4/h11-14,17,20,29-30H,8-10,15,18-19H2,1-7H3,(H,41,46)(H,44,45)/t29-,30-/m0/s1. The van der Waals surface area contributed by atoms with Crippen LogP contribution in [-0.2, 0) is 16.0 Å². The Balaban J connectivity index is 1.71. The van der Waals surface area contributed by atoms with Crippen LogP contribution in [0.25, 0.3) is 11.1 Å². The van der Waals surface area contributed by atoms with Crippen LogP contribution in [0.1, 0.15) is 84.9 Å². The summed E-state index contributed by atoms with van der Waals surface area (Å²) in [6.45, 7) is 13.4. The summed E-state index contributed by atoms with van der Waals surface area (Å²) in [5, 5.41) is 22.0. The Hall–Kier alpha value is -4.43. The predicted molar refractivity (Wildman–Crippen MR) is 175 cm³/mol. The molecular weight excluding hydrogens is 604 g/mol. The van der Waals surface area contributed by atoms with Crippen molar-refractivity contribution in [2.24, 2.45) is 5.92 Å². The van der Waals surface area contributed by atoms with E-state index in [2.05, 4.69) is 16.4 Å². The highest BCUT2D eigenvalue weighted by Crippen LogP contribution is 2.34. The van der Waals surface area contributed by atoms with Crippen LogP contribution < -0.4 is 10.9 Å². The first-order chi connectivity index (χ1) is 22.0. The molecule has 0 radical (unpaired) electrons. The van der Waals surface area contributed by atoms with E-state index in [1.54, 1.807) is 51.2 Å². The van der Waals surface area contributed by atoms with Crippen LogP contribution >= 0.6 is 0 Å². The lowest BCUT2D eigenvalue weighted by Gasteiger charge is -2.42. The molecular formula is C36H43F2N5O4. The zero-order valence-corrected chi connectivity index (χ0v) is 28.1. The molecule has 0 spiro atoms. The number of likely N-dealkylation sites (tertiary alicyclic amines) is 1. The molecule has 0 aliphatic carbocycles. The molecule has 2 N–H and O–H groups in total. The molecule has 4 rings (SSSR count). The molecule has 0 bridgehead atoms. The van der Waals surface area contributed by atoms with E-state index < -0.39 is 47.4 Å². The van der Waals surface area contributed by atoms with Crippen molar-refractivity contribution in [1.82, 2.24) is 19.8 Å². The highest BCUT2D eigenvalue weighted by atomic mass is 19.1. The predicted octanol–water partition coefficient (Wildman–Crippen LogP) is 5.66. The Morgan fingerprint density at radius 3 is 2.30 bits per heavy atom. The molecule has 2 aromatic carbocycles. The third-order valence-corrected chi connectivity index (χ3v) is 8.57. The van der Waals surface area contributed by atoms with E-state index in [-0.39, 0.29) is 29.2 Å². The number of amides is 1. The molecule has 0 unspecified atom stereocenters. The molecule has 1 saturated heterocycles. The fourth-order valence-corrected chi connectivity index (χ4v) is 6.52. The molecule has 1 aliphatic heterocycles. The van der Waals surface area contributed by atoms with E-state index in [1.807, 2.05) is 32.6 Å². The van der Waals surface area contributed by atoms with Gasteiger partial charge in [-0.15, -0.1) is 0 Å². The number of carbonyl (C=O) groups excluding carboxylic acids is 1. The Morgan fingerprint density at radius 1 is 1.11 bits per heavy atom. The monoisotopic (exact) mass is 647 g/mol. The van der Waals surface area contributed by atoms with E-state index in [1.165, 1.54) is 4.57 Å². The maximum Gasteiger partial charge on any atom is 0.305 e. The van der Waals surface area contributed by atoms with Crippen molar-refractivity contribution in [3.63, 3.8) is 0 Å². The first-order valence-corrected chi connectivity index (χ1v) is 15.8. The molecule has 11 heteroatoms. The van der Waals surface area contributed by atoms with E-state index in [0.29, 0.717) is 42.9 Å². The largest absolute Gasteiger partial charge is 0.481 e. The van der Waals surface area contributed by atoms with Gasteiger partial charge in [0.2, 0.25) is 5.91 Å². The Labute approximate surface area is 274 Å². The highest BCUT2D eigenvalue weighted by Gasteiger charge is 2.38. The molecule has 250 valence electrons. The van der Waals surface area contributed by atoms with Crippen LogP contribution in [0.15, 0.2) is 35.3 Å². The van der Waals surface area contributed by atoms with Crippen LogP contribution in [0.3, 0.4) is 0 Å². The summed E-state index contributed by atoms with van der Waals surface area (Å²) >= 11 is 0. The maximum atomic E-state index is 15.8. The summed E-state index contributed by atoms with van der Waals surface area (Å²) in [5.74, 6) is -2.52. The van der Waals surface area contributed by atoms with Gasteiger partial charge in [0.25, 0.3) is 5.56 Å². The van der Waals surface area contributed by atoms with Gasteiger partial charge in [-0.2, -0.15) is 5.26 Å². The zero-order valence-electron chi connectivity index (χ0n) is 28.1. The number of rotatable bonds is 12. The van der Waals surface area contributed by atoms with Crippen LogP contribution in [0.4, 0.5) is 8.78 Å². The quantitative estimate of drug-likeness (QED) is 0.260. The number of nitrogens with zero attached hydrogens (tertiary/aromatic N) is 4. The van der Waals surface area contributed by atoms with Gasteiger partial charge in [-0.25, -0.2) is 8.78 Å². The molecule has 1 fully saturated rings. The summed E-state index contributed by atoms with van der Waals surface area (Å²) in [6, 6.07) is 6.55. The summed E-state index contributed by atoms with van der Waals surface area (Å²) in [5.41, 5.74) is 2.87. The van der Waals surface area contributed by atoms with Gasteiger partial charge in [0, 0.05) is 37.8 Å². The molecule has 3 aromatic rings. The van der Waals surface area contributed by atoms with E-state index in [9.17, 15) is 29.1 Å². The Bertz CT molecular complexity index is 1760. The lowest BCUT2D eigenvalue weighted by molar-refractivity contribution is -0.138. The molecule has 1 aliphatic rings. The average Bonchev–Trinajstić information content (AvgIpc) is 2.95. The van der Waals surface area contributed by atoms with Crippen molar-refractivity contribution in [3.05, 3.63) is 85.8 Å². The van der Waals surface area contributed by atoms with Gasteiger partial charge in [0.1, 0.15) is 23.2 Å². The first-order valence-electron chi connectivity index (χ1n) is 15.8. The van der Waals surface area contributed by atoms with Crippen LogP contribution in [0.2, 0.25) is 0 Å². The maximum absolute atomic E-state index is 15.8. The molecule has 1 aromatic heterocycles. The normalized spacial score (nSPS) is 15.5.